The first-order chi connectivity index (χ1) is 14.6. The Morgan fingerprint density at radius 1 is 1.00 bits per heavy atom. The Bertz CT molecular complexity index is 1050. The summed E-state index contributed by atoms with van der Waals surface area (Å²) in [7, 11) is 0. The van der Waals surface area contributed by atoms with Gasteiger partial charge in [0.05, 0.1) is 12.1 Å². The van der Waals surface area contributed by atoms with Crippen molar-refractivity contribution in [1.29, 1.82) is 0 Å². The van der Waals surface area contributed by atoms with E-state index in [1.807, 2.05) is 68.5 Å². The van der Waals surface area contributed by atoms with Crippen molar-refractivity contribution in [2.75, 3.05) is 13.2 Å². The van der Waals surface area contributed by atoms with E-state index in [0.29, 0.717) is 36.8 Å². The predicted molar refractivity (Wildman–Crippen MR) is 121 cm³/mol. The van der Waals surface area contributed by atoms with Crippen LogP contribution in [0.1, 0.15) is 39.2 Å². The number of ether oxygens (including phenoxy) is 3. The molecule has 1 heterocycles. The fourth-order valence-electron chi connectivity index (χ4n) is 2.94. The smallest absolute Gasteiger partial charge is 0.294 e. The molecule has 0 spiro atoms. The van der Waals surface area contributed by atoms with Gasteiger partial charge >= 0.3 is 0 Å². The molecule has 2 aromatic carbocycles. The van der Waals surface area contributed by atoms with Crippen LogP contribution in [0.3, 0.4) is 0 Å². The molecular formula is C25H29NO4. The molecule has 0 bridgehead atoms. The van der Waals surface area contributed by atoms with Crippen LogP contribution in [-0.2, 0) is 6.61 Å². The number of rotatable bonds is 10. The number of aromatic amines is 1. The first-order valence-electron chi connectivity index (χ1n) is 10.3. The van der Waals surface area contributed by atoms with Crippen LogP contribution in [0.5, 0.6) is 17.2 Å². The van der Waals surface area contributed by atoms with Crippen molar-refractivity contribution < 1.29 is 14.2 Å². The van der Waals surface area contributed by atoms with Crippen LogP contribution in [0, 0.1) is 0 Å². The first-order valence-corrected chi connectivity index (χ1v) is 10.3. The number of allylic oxidation sites excluding steroid dienone is 1. The second kappa shape index (κ2) is 10.5. The second-order valence-corrected chi connectivity index (χ2v) is 7.39. The largest absolute Gasteiger partial charge is 0.489 e. The molecule has 0 unspecified atom stereocenters. The van der Waals surface area contributed by atoms with Crippen molar-refractivity contribution in [2.45, 2.75) is 40.2 Å². The maximum Gasteiger partial charge on any atom is 0.294 e. The molecule has 0 saturated heterocycles. The number of aromatic nitrogens is 1. The maximum atomic E-state index is 12.7. The van der Waals surface area contributed by atoms with E-state index in [0.717, 1.165) is 29.4 Å². The van der Waals surface area contributed by atoms with E-state index in [4.69, 9.17) is 14.2 Å². The number of H-pyrrole nitrogens is 1. The standard InChI is InChI=1S/C25H29NO4/c1-4-5-14-28-24-23(29-15-13-18(2)3)21-12-11-20(16-22(21)26-25(24)27)30-17-19-9-7-6-8-10-19/h6-13,16H,4-5,14-15,17H2,1-3H3,(H,26,27). The number of benzene rings is 2. The van der Waals surface area contributed by atoms with Gasteiger partial charge in [0.2, 0.25) is 5.75 Å². The Labute approximate surface area is 177 Å². The molecule has 0 amide bonds. The third-order valence-corrected chi connectivity index (χ3v) is 4.61. The van der Waals surface area contributed by atoms with Crippen LogP contribution in [-0.4, -0.2) is 18.2 Å². The highest BCUT2D eigenvalue weighted by Crippen LogP contribution is 2.33. The minimum Gasteiger partial charge on any atom is -0.489 e. The van der Waals surface area contributed by atoms with Crippen LogP contribution in [0.25, 0.3) is 10.9 Å². The van der Waals surface area contributed by atoms with Gasteiger partial charge in [0.25, 0.3) is 5.56 Å². The summed E-state index contributed by atoms with van der Waals surface area (Å²) in [5.41, 5.74) is 2.58. The zero-order valence-electron chi connectivity index (χ0n) is 17.9. The summed E-state index contributed by atoms with van der Waals surface area (Å²) in [6.45, 7) is 7.40. The fraction of sp³-hybridized carbons (Fsp3) is 0.320. The van der Waals surface area contributed by atoms with E-state index < -0.39 is 0 Å². The van der Waals surface area contributed by atoms with Gasteiger partial charge in [-0.25, -0.2) is 0 Å². The van der Waals surface area contributed by atoms with Crippen LogP contribution in [0.15, 0.2) is 65.0 Å². The highest BCUT2D eigenvalue weighted by Gasteiger charge is 2.16. The molecule has 30 heavy (non-hydrogen) atoms. The molecule has 0 atom stereocenters. The van der Waals surface area contributed by atoms with E-state index in [1.54, 1.807) is 0 Å². The Kier molecular flexibility index (Phi) is 7.55. The lowest BCUT2D eigenvalue weighted by Gasteiger charge is -2.15. The maximum absolute atomic E-state index is 12.7. The van der Waals surface area contributed by atoms with Crippen molar-refractivity contribution in [2.24, 2.45) is 0 Å². The van der Waals surface area contributed by atoms with E-state index in [9.17, 15) is 4.79 Å². The van der Waals surface area contributed by atoms with E-state index >= 15 is 0 Å². The molecule has 0 radical (unpaired) electrons. The minimum atomic E-state index is -0.300. The molecule has 0 aliphatic rings. The van der Waals surface area contributed by atoms with Crippen molar-refractivity contribution in [1.82, 2.24) is 4.98 Å². The second-order valence-electron chi connectivity index (χ2n) is 7.39. The zero-order valence-corrected chi connectivity index (χ0v) is 17.9. The van der Waals surface area contributed by atoms with Crippen LogP contribution in [0.4, 0.5) is 0 Å². The van der Waals surface area contributed by atoms with Gasteiger partial charge in [0.15, 0.2) is 5.75 Å². The predicted octanol–water partition coefficient (Wildman–Crippen LogP) is 5.63. The monoisotopic (exact) mass is 407 g/mol. The lowest BCUT2D eigenvalue weighted by molar-refractivity contribution is 0.277. The van der Waals surface area contributed by atoms with Gasteiger partial charge in [-0.1, -0.05) is 49.2 Å². The van der Waals surface area contributed by atoms with Gasteiger partial charge in [-0.3, -0.25) is 4.79 Å². The van der Waals surface area contributed by atoms with Crippen molar-refractivity contribution >= 4 is 10.9 Å². The zero-order chi connectivity index (χ0) is 21.3. The molecule has 0 aliphatic carbocycles. The van der Waals surface area contributed by atoms with Gasteiger partial charge in [-0.2, -0.15) is 0 Å². The van der Waals surface area contributed by atoms with Gasteiger partial charge in [-0.15, -0.1) is 0 Å². The summed E-state index contributed by atoms with van der Waals surface area (Å²) in [4.78, 5) is 15.6. The highest BCUT2D eigenvalue weighted by molar-refractivity contribution is 5.88. The Morgan fingerprint density at radius 3 is 2.53 bits per heavy atom. The SMILES string of the molecule is CCCCOc1c(OCC=C(C)C)c2ccc(OCc3ccccc3)cc2[nH]c1=O. The van der Waals surface area contributed by atoms with Gasteiger partial charge in [0, 0.05) is 11.5 Å². The van der Waals surface area contributed by atoms with Crippen molar-refractivity contribution in [3.8, 4) is 17.2 Å². The molecule has 5 heteroatoms. The molecule has 3 aromatic rings. The average Bonchev–Trinajstić information content (AvgIpc) is 2.74. The normalized spacial score (nSPS) is 10.6. The van der Waals surface area contributed by atoms with Gasteiger partial charge in [-0.05, 0) is 44.0 Å². The first kappa shape index (κ1) is 21.5. The van der Waals surface area contributed by atoms with E-state index in [1.165, 1.54) is 0 Å². The minimum absolute atomic E-state index is 0.232. The molecule has 0 fully saturated rings. The molecular weight excluding hydrogens is 378 g/mol. The summed E-state index contributed by atoms with van der Waals surface area (Å²) in [5, 5.41) is 0.787. The number of hydrogen-bond acceptors (Lipinski definition) is 4. The van der Waals surface area contributed by atoms with Gasteiger partial charge in [0.1, 0.15) is 19.0 Å². The number of hydrogen-bond donors (Lipinski definition) is 1. The Balaban J connectivity index is 1.91. The number of nitrogens with one attached hydrogen (secondary N) is 1. The molecule has 1 aromatic heterocycles. The quantitative estimate of drug-likeness (QED) is 0.349. The Hall–Kier alpha value is -3.21. The summed E-state index contributed by atoms with van der Waals surface area (Å²) in [5.74, 6) is 1.38. The molecule has 3 rings (SSSR count). The van der Waals surface area contributed by atoms with Crippen molar-refractivity contribution in [3.63, 3.8) is 0 Å². The summed E-state index contributed by atoms with van der Waals surface area (Å²) in [6.07, 6.45) is 3.83. The summed E-state index contributed by atoms with van der Waals surface area (Å²) >= 11 is 0. The number of pyridine rings is 1. The summed E-state index contributed by atoms with van der Waals surface area (Å²) in [6, 6.07) is 15.6. The average molecular weight is 408 g/mol. The molecule has 158 valence electrons. The third-order valence-electron chi connectivity index (χ3n) is 4.61. The molecule has 0 saturated carbocycles. The highest BCUT2D eigenvalue weighted by atomic mass is 16.5. The van der Waals surface area contributed by atoms with Crippen molar-refractivity contribution in [3.05, 3.63) is 76.1 Å². The summed E-state index contributed by atoms with van der Waals surface area (Å²) < 4.78 is 17.7. The third kappa shape index (κ3) is 5.66. The lowest BCUT2D eigenvalue weighted by atomic mass is 10.2. The molecule has 0 aliphatic heterocycles. The van der Waals surface area contributed by atoms with E-state index in [-0.39, 0.29) is 11.3 Å². The van der Waals surface area contributed by atoms with E-state index in [2.05, 4.69) is 11.9 Å². The fourth-order valence-corrected chi connectivity index (χ4v) is 2.94. The molecule has 1 N–H and O–H groups in total. The van der Waals surface area contributed by atoms with Crippen LogP contribution < -0.4 is 19.8 Å². The van der Waals surface area contributed by atoms with Crippen LogP contribution in [0.2, 0.25) is 0 Å². The van der Waals surface area contributed by atoms with Gasteiger partial charge < -0.3 is 19.2 Å². The molecule has 5 nitrogen and oxygen atoms in total. The Morgan fingerprint density at radius 2 is 1.80 bits per heavy atom. The number of fused-ring (bicyclic) bond motifs is 1. The lowest BCUT2D eigenvalue weighted by Crippen LogP contribution is -2.14. The topological polar surface area (TPSA) is 60.6 Å². The van der Waals surface area contributed by atoms with Crippen LogP contribution >= 0.6 is 0 Å². The number of unbranched alkanes of at least 4 members (excludes halogenated alkanes) is 1.